The lowest BCUT2D eigenvalue weighted by Gasteiger charge is -2.36. The summed E-state index contributed by atoms with van der Waals surface area (Å²) in [7, 11) is 0. The molecule has 2 unspecified atom stereocenters. The summed E-state index contributed by atoms with van der Waals surface area (Å²) in [4.78, 5) is 40.5. The van der Waals surface area contributed by atoms with E-state index in [2.05, 4.69) is 0 Å². The molecule has 0 fully saturated rings. The van der Waals surface area contributed by atoms with E-state index >= 15 is 0 Å². The Bertz CT molecular complexity index is 825. The first-order chi connectivity index (χ1) is 13.0. The average molecular weight is 412 g/mol. The molecule has 8 heteroatoms. The number of rotatable bonds is 9. The molecule has 0 saturated heterocycles. The molecule has 4 N–H and O–H groups in total. The maximum Gasteiger partial charge on any atom is 0.338 e. The van der Waals surface area contributed by atoms with Gasteiger partial charge in [-0.05, 0) is 66.7 Å². The van der Waals surface area contributed by atoms with Crippen molar-refractivity contribution in [1.82, 2.24) is 13.7 Å². The summed E-state index contributed by atoms with van der Waals surface area (Å²) in [5.41, 5.74) is 7.67. The van der Waals surface area contributed by atoms with E-state index in [1.54, 1.807) is 20.8 Å². The Kier molecular flexibility index (Phi) is 7.52. The number of hydrogen-bond acceptors (Lipinski definition) is 5. The molecule has 1 heterocycles. The van der Waals surface area contributed by atoms with Gasteiger partial charge in [-0.3, -0.25) is 0 Å². The average Bonchev–Trinajstić information content (AvgIpc) is 2.41. The minimum Gasteiger partial charge on any atom is -0.328 e. The van der Waals surface area contributed by atoms with Gasteiger partial charge in [0.2, 0.25) is 0 Å². The third kappa shape index (κ3) is 5.28. The lowest BCUT2D eigenvalue weighted by molar-refractivity contribution is 0.177. The van der Waals surface area contributed by atoms with Crippen molar-refractivity contribution in [3.63, 3.8) is 0 Å². The first-order valence-corrected chi connectivity index (χ1v) is 10.6. The Balaban J connectivity index is 4.13. The molecule has 0 aromatic carbocycles. The monoisotopic (exact) mass is 411 g/mol. The van der Waals surface area contributed by atoms with Gasteiger partial charge >= 0.3 is 17.1 Å². The minimum absolute atomic E-state index is 0.158. The topological polar surface area (TPSA) is 118 Å². The van der Waals surface area contributed by atoms with Crippen molar-refractivity contribution in [3.8, 4) is 0 Å². The van der Waals surface area contributed by atoms with Crippen molar-refractivity contribution >= 4 is 0 Å². The SMILES string of the molecule is CCCC(C)(C)n1c(=O)n(C(C)(C)CC(C)N)c(=O)n(C(C)(N)CC(C)C)c1=O. The molecule has 1 aromatic heterocycles. The number of nitrogens with zero attached hydrogens (tertiary/aromatic N) is 3. The smallest absolute Gasteiger partial charge is 0.328 e. The van der Waals surface area contributed by atoms with Crippen LogP contribution in [-0.2, 0) is 16.7 Å². The summed E-state index contributed by atoms with van der Waals surface area (Å²) in [5, 5.41) is 0. The van der Waals surface area contributed by atoms with Crippen molar-refractivity contribution in [3.05, 3.63) is 31.5 Å². The van der Waals surface area contributed by atoms with Gasteiger partial charge in [-0.2, -0.15) is 0 Å². The van der Waals surface area contributed by atoms with Crippen molar-refractivity contribution in [1.29, 1.82) is 0 Å². The van der Waals surface area contributed by atoms with E-state index in [1.165, 1.54) is 9.13 Å². The Morgan fingerprint density at radius 1 is 0.793 bits per heavy atom. The van der Waals surface area contributed by atoms with Crippen molar-refractivity contribution in [2.45, 2.75) is 111 Å². The summed E-state index contributed by atoms with van der Waals surface area (Å²) in [6.07, 6.45) is 2.22. The highest BCUT2D eigenvalue weighted by atomic mass is 16.2. The molecule has 29 heavy (non-hydrogen) atoms. The van der Waals surface area contributed by atoms with Crippen LogP contribution >= 0.6 is 0 Å². The number of nitrogens with two attached hydrogens (primary N) is 2. The number of aromatic nitrogens is 3. The third-order valence-electron chi connectivity index (χ3n) is 5.37. The van der Waals surface area contributed by atoms with Crippen LogP contribution in [0.2, 0.25) is 0 Å². The van der Waals surface area contributed by atoms with Crippen LogP contribution in [0.4, 0.5) is 0 Å². The second kappa shape index (κ2) is 8.60. The van der Waals surface area contributed by atoms with Gasteiger partial charge in [0.25, 0.3) is 0 Å². The molecule has 1 rings (SSSR count). The molecule has 1 aromatic rings. The van der Waals surface area contributed by atoms with Gasteiger partial charge in [0.15, 0.2) is 0 Å². The highest BCUT2D eigenvalue weighted by Gasteiger charge is 2.37. The zero-order valence-corrected chi connectivity index (χ0v) is 19.7. The highest BCUT2D eigenvalue weighted by molar-refractivity contribution is 4.96. The molecule has 168 valence electrons. The van der Waals surface area contributed by atoms with E-state index < -0.39 is 33.8 Å². The summed E-state index contributed by atoms with van der Waals surface area (Å²) in [5.74, 6) is 0.158. The van der Waals surface area contributed by atoms with Gasteiger partial charge in [0.05, 0.1) is 11.2 Å². The van der Waals surface area contributed by atoms with Crippen LogP contribution in [0.3, 0.4) is 0 Å². The van der Waals surface area contributed by atoms with Crippen LogP contribution in [0.5, 0.6) is 0 Å². The maximum atomic E-state index is 13.5. The van der Waals surface area contributed by atoms with Crippen molar-refractivity contribution in [2.24, 2.45) is 17.4 Å². The fraction of sp³-hybridized carbons (Fsp3) is 0.857. The van der Waals surface area contributed by atoms with Gasteiger partial charge in [-0.25, -0.2) is 28.1 Å². The molecule has 0 saturated carbocycles. The van der Waals surface area contributed by atoms with Crippen LogP contribution in [0.25, 0.3) is 0 Å². The first kappa shape index (κ1) is 25.4. The van der Waals surface area contributed by atoms with Crippen molar-refractivity contribution < 1.29 is 0 Å². The Hall–Kier alpha value is -1.67. The summed E-state index contributed by atoms with van der Waals surface area (Å²) < 4.78 is 3.43. The quantitative estimate of drug-likeness (QED) is 0.643. The standard InChI is InChI=1S/C21H41N5O3/c1-10-11-19(5,6)24-16(27)25(20(7,8)13-15(4)22)18(29)26(17(24)28)21(9,23)12-14(2)3/h14-15H,10-13,22-23H2,1-9H3. The molecule has 0 spiro atoms. The van der Waals surface area contributed by atoms with Crippen LogP contribution in [0.15, 0.2) is 14.4 Å². The van der Waals surface area contributed by atoms with Crippen molar-refractivity contribution in [2.75, 3.05) is 0 Å². The van der Waals surface area contributed by atoms with E-state index in [0.29, 0.717) is 19.3 Å². The molecule has 0 amide bonds. The van der Waals surface area contributed by atoms with Crippen LogP contribution < -0.4 is 28.5 Å². The van der Waals surface area contributed by atoms with Gasteiger partial charge in [0, 0.05) is 11.6 Å². The second-order valence-corrected chi connectivity index (χ2v) is 10.4. The predicted octanol–water partition coefficient (Wildman–Crippen LogP) is 1.86. The molecule has 8 nitrogen and oxygen atoms in total. The van der Waals surface area contributed by atoms with E-state index in [-0.39, 0.29) is 12.0 Å². The molecule has 0 bridgehead atoms. The summed E-state index contributed by atoms with van der Waals surface area (Å²) in [6, 6.07) is -0.228. The Morgan fingerprint density at radius 3 is 1.59 bits per heavy atom. The van der Waals surface area contributed by atoms with Crippen LogP contribution in [0, 0.1) is 5.92 Å². The number of hydrogen-bond donors (Lipinski definition) is 2. The van der Waals surface area contributed by atoms with Gasteiger partial charge in [-0.1, -0.05) is 27.2 Å². The van der Waals surface area contributed by atoms with E-state index in [0.717, 1.165) is 11.0 Å². The fourth-order valence-electron chi connectivity index (χ4n) is 4.54. The minimum atomic E-state index is -1.23. The fourth-order valence-corrected chi connectivity index (χ4v) is 4.54. The molecule has 0 aliphatic heterocycles. The predicted molar refractivity (Wildman–Crippen MR) is 118 cm³/mol. The van der Waals surface area contributed by atoms with Gasteiger partial charge < -0.3 is 11.5 Å². The molecular weight excluding hydrogens is 370 g/mol. The molecule has 0 radical (unpaired) electrons. The largest absolute Gasteiger partial charge is 0.338 e. The Labute approximate surface area is 173 Å². The lowest BCUT2D eigenvalue weighted by Crippen LogP contribution is -2.67. The normalized spacial score (nSPS) is 16.1. The molecular formula is C21H41N5O3. The second-order valence-electron chi connectivity index (χ2n) is 10.4. The van der Waals surface area contributed by atoms with E-state index in [9.17, 15) is 14.4 Å². The van der Waals surface area contributed by atoms with Gasteiger partial charge in [-0.15, -0.1) is 0 Å². The van der Waals surface area contributed by atoms with Gasteiger partial charge in [0.1, 0.15) is 0 Å². The van der Waals surface area contributed by atoms with Crippen LogP contribution in [-0.4, -0.2) is 19.7 Å². The summed E-state index contributed by atoms with van der Waals surface area (Å²) >= 11 is 0. The lowest BCUT2D eigenvalue weighted by atomic mass is 9.95. The highest BCUT2D eigenvalue weighted by Crippen LogP contribution is 2.22. The summed E-state index contributed by atoms with van der Waals surface area (Å²) in [6.45, 7) is 16.7. The zero-order valence-electron chi connectivity index (χ0n) is 19.7. The van der Waals surface area contributed by atoms with E-state index in [1.807, 2.05) is 41.5 Å². The van der Waals surface area contributed by atoms with Crippen LogP contribution in [0.1, 0.15) is 88.0 Å². The molecule has 2 atom stereocenters. The maximum absolute atomic E-state index is 13.5. The third-order valence-corrected chi connectivity index (χ3v) is 5.37. The molecule has 0 aliphatic rings. The van der Waals surface area contributed by atoms with E-state index in [4.69, 9.17) is 11.5 Å². The molecule has 0 aliphatic carbocycles. The Morgan fingerprint density at radius 2 is 1.21 bits per heavy atom. The zero-order chi connectivity index (χ0) is 22.9. The first-order valence-electron chi connectivity index (χ1n) is 10.6.